The Bertz CT molecular complexity index is 858. The van der Waals surface area contributed by atoms with Crippen LogP contribution in [0.1, 0.15) is 21.6 Å². The van der Waals surface area contributed by atoms with E-state index in [4.69, 9.17) is 4.74 Å². The molecule has 0 radical (unpaired) electrons. The lowest BCUT2D eigenvalue weighted by Crippen LogP contribution is -2.07. The van der Waals surface area contributed by atoms with Crippen molar-refractivity contribution in [2.75, 3.05) is 6.61 Å². The van der Waals surface area contributed by atoms with Gasteiger partial charge in [0.15, 0.2) is 0 Å². The van der Waals surface area contributed by atoms with Crippen molar-refractivity contribution in [1.29, 1.82) is 0 Å². The van der Waals surface area contributed by atoms with Gasteiger partial charge in [0.2, 0.25) is 5.78 Å². The Morgan fingerprint density at radius 2 is 1.90 bits per heavy atom. The predicted octanol–water partition coefficient (Wildman–Crippen LogP) is 2.80. The molecule has 2 aromatic carbocycles. The monoisotopic (exact) mass is 276 g/mol. The van der Waals surface area contributed by atoms with Crippen molar-refractivity contribution in [2.45, 2.75) is 6.42 Å². The van der Waals surface area contributed by atoms with Gasteiger partial charge in [0.05, 0.1) is 29.4 Å². The van der Waals surface area contributed by atoms with E-state index in [0.717, 1.165) is 23.0 Å². The van der Waals surface area contributed by atoms with Crippen LogP contribution < -0.4 is 4.74 Å². The summed E-state index contributed by atoms with van der Waals surface area (Å²) in [6.45, 7) is 0.628. The summed E-state index contributed by atoms with van der Waals surface area (Å²) in [7, 11) is 0. The first kappa shape index (κ1) is 12.0. The molecule has 0 fully saturated rings. The second-order valence-electron chi connectivity index (χ2n) is 4.97. The molecular formula is C17H12N2O2. The number of carbonyl (C=O) groups excluding carboxylic acids is 1. The lowest BCUT2D eigenvalue weighted by molar-refractivity contribution is 0.103. The first-order chi connectivity index (χ1) is 10.3. The Hall–Kier alpha value is -2.75. The Kier molecular flexibility index (Phi) is 2.67. The minimum absolute atomic E-state index is 0.146. The van der Waals surface area contributed by atoms with Crippen LogP contribution in [0.5, 0.6) is 5.75 Å². The minimum Gasteiger partial charge on any atom is -0.492 e. The highest BCUT2D eigenvalue weighted by Gasteiger charge is 2.22. The van der Waals surface area contributed by atoms with Crippen LogP contribution in [0, 0.1) is 0 Å². The molecule has 2 heterocycles. The van der Waals surface area contributed by atoms with Gasteiger partial charge in [-0.15, -0.1) is 0 Å². The summed E-state index contributed by atoms with van der Waals surface area (Å²) in [5.74, 6) is 0.546. The third-order valence-electron chi connectivity index (χ3n) is 3.64. The van der Waals surface area contributed by atoms with Crippen LogP contribution in [0.3, 0.4) is 0 Å². The number of fused-ring (bicyclic) bond motifs is 2. The molecule has 0 amide bonds. The number of hydrogen-bond donors (Lipinski definition) is 0. The van der Waals surface area contributed by atoms with Gasteiger partial charge in [-0.05, 0) is 23.8 Å². The highest BCUT2D eigenvalue weighted by atomic mass is 16.5. The van der Waals surface area contributed by atoms with Gasteiger partial charge >= 0.3 is 0 Å². The van der Waals surface area contributed by atoms with Gasteiger partial charge in [-0.25, -0.2) is 4.98 Å². The fourth-order valence-corrected chi connectivity index (χ4v) is 2.60. The quantitative estimate of drug-likeness (QED) is 0.675. The van der Waals surface area contributed by atoms with E-state index in [0.29, 0.717) is 23.6 Å². The second-order valence-corrected chi connectivity index (χ2v) is 4.97. The van der Waals surface area contributed by atoms with E-state index in [1.54, 1.807) is 6.07 Å². The molecule has 0 unspecified atom stereocenters. The molecule has 0 spiro atoms. The number of rotatable bonds is 2. The van der Waals surface area contributed by atoms with E-state index in [-0.39, 0.29) is 5.78 Å². The van der Waals surface area contributed by atoms with Gasteiger partial charge in [0, 0.05) is 6.42 Å². The number of hydrogen-bond acceptors (Lipinski definition) is 4. The third kappa shape index (κ3) is 1.96. The Morgan fingerprint density at radius 3 is 2.81 bits per heavy atom. The molecule has 0 bridgehead atoms. The number of para-hydroxylation sites is 3. The molecule has 0 atom stereocenters. The molecule has 4 nitrogen and oxygen atoms in total. The summed E-state index contributed by atoms with van der Waals surface area (Å²) < 4.78 is 5.59. The van der Waals surface area contributed by atoms with Crippen molar-refractivity contribution in [2.24, 2.45) is 0 Å². The maximum atomic E-state index is 12.7. The molecule has 0 saturated heterocycles. The van der Waals surface area contributed by atoms with Crippen molar-refractivity contribution in [3.05, 3.63) is 65.5 Å². The van der Waals surface area contributed by atoms with Crippen molar-refractivity contribution < 1.29 is 9.53 Å². The van der Waals surface area contributed by atoms with Crippen LogP contribution >= 0.6 is 0 Å². The lowest BCUT2D eigenvalue weighted by atomic mass is 10.0. The van der Waals surface area contributed by atoms with Crippen LogP contribution in [0.2, 0.25) is 0 Å². The summed E-state index contributed by atoms with van der Waals surface area (Å²) in [4.78, 5) is 21.4. The Morgan fingerprint density at radius 1 is 1.05 bits per heavy atom. The normalized spacial score (nSPS) is 13.0. The van der Waals surface area contributed by atoms with Crippen molar-refractivity contribution in [3.63, 3.8) is 0 Å². The van der Waals surface area contributed by atoms with Crippen molar-refractivity contribution in [1.82, 2.24) is 9.97 Å². The summed E-state index contributed by atoms with van der Waals surface area (Å²) in [5, 5.41) is 0. The van der Waals surface area contributed by atoms with E-state index in [1.807, 2.05) is 36.4 Å². The highest BCUT2D eigenvalue weighted by Crippen LogP contribution is 2.30. The van der Waals surface area contributed by atoms with Crippen LogP contribution in [0.4, 0.5) is 0 Å². The predicted molar refractivity (Wildman–Crippen MR) is 78.6 cm³/mol. The molecule has 1 aliphatic heterocycles. The molecule has 0 saturated carbocycles. The molecule has 102 valence electrons. The number of ketones is 1. The average Bonchev–Trinajstić information content (AvgIpc) is 3.02. The zero-order valence-corrected chi connectivity index (χ0v) is 11.2. The molecule has 3 aromatic rings. The fourth-order valence-electron chi connectivity index (χ4n) is 2.60. The van der Waals surface area contributed by atoms with Crippen LogP contribution in [0.15, 0.2) is 48.7 Å². The molecule has 0 aliphatic carbocycles. The summed E-state index contributed by atoms with van der Waals surface area (Å²) in [6, 6.07) is 13.2. The summed E-state index contributed by atoms with van der Waals surface area (Å²) in [5.41, 5.74) is 3.49. The zero-order valence-electron chi connectivity index (χ0n) is 11.2. The maximum absolute atomic E-state index is 12.7. The van der Waals surface area contributed by atoms with Crippen LogP contribution in [-0.4, -0.2) is 22.4 Å². The SMILES string of the molecule is O=C(c1cnc2ccccc2n1)c1cccc2c1OCC2. The number of nitrogens with zero attached hydrogens (tertiary/aromatic N) is 2. The van der Waals surface area contributed by atoms with E-state index in [1.165, 1.54) is 6.20 Å². The molecule has 4 rings (SSSR count). The van der Waals surface area contributed by atoms with Crippen LogP contribution in [-0.2, 0) is 6.42 Å². The van der Waals surface area contributed by atoms with Gasteiger partial charge in [-0.3, -0.25) is 9.78 Å². The lowest BCUT2D eigenvalue weighted by Gasteiger charge is -2.07. The van der Waals surface area contributed by atoms with Gasteiger partial charge < -0.3 is 4.74 Å². The standard InChI is InChI=1S/C17H12N2O2/c20-16(12-5-3-4-11-8-9-21-17(11)12)15-10-18-13-6-1-2-7-14(13)19-15/h1-7,10H,8-9H2. The average molecular weight is 276 g/mol. The Balaban J connectivity index is 1.82. The number of ether oxygens (including phenoxy) is 1. The van der Waals surface area contributed by atoms with Crippen molar-refractivity contribution in [3.8, 4) is 5.75 Å². The fraction of sp³-hybridized carbons (Fsp3) is 0.118. The molecule has 0 N–H and O–H groups in total. The van der Waals surface area contributed by atoms with Crippen LogP contribution in [0.25, 0.3) is 11.0 Å². The Labute approximate surface area is 121 Å². The number of aromatic nitrogens is 2. The number of carbonyl (C=O) groups is 1. The molecule has 1 aliphatic rings. The largest absolute Gasteiger partial charge is 0.492 e. The molecular weight excluding hydrogens is 264 g/mol. The van der Waals surface area contributed by atoms with Gasteiger partial charge in [-0.1, -0.05) is 24.3 Å². The highest BCUT2D eigenvalue weighted by molar-refractivity contribution is 6.10. The number of benzene rings is 2. The van der Waals surface area contributed by atoms with E-state index >= 15 is 0 Å². The van der Waals surface area contributed by atoms with E-state index in [2.05, 4.69) is 9.97 Å². The topological polar surface area (TPSA) is 52.1 Å². The molecule has 21 heavy (non-hydrogen) atoms. The first-order valence-electron chi connectivity index (χ1n) is 6.84. The maximum Gasteiger partial charge on any atom is 0.216 e. The summed E-state index contributed by atoms with van der Waals surface area (Å²) >= 11 is 0. The van der Waals surface area contributed by atoms with Crippen molar-refractivity contribution >= 4 is 16.8 Å². The second kappa shape index (κ2) is 4.66. The van der Waals surface area contributed by atoms with Gasteiger partial charge in [0.1, 0.15) is 11.4 Å². The molecule has 4 heteroatoms. The first-order valence-corrected chi connectivity index (χ1v) is 6.84. The smallest absolute Gasteiger partial charge is 0.216 e. The van der Waals surface area contributed by atoms with Gasteiger partial charge in [0.25, 0.3) is 0 Å². The van der Waals surface area contributed by atoms with E-state index in [9.17, 15) is 4.79 Å². The van der Waals surface area contributed by atoms with E-state index < -0.39 is 0 Å². The summed E-state index contributed by atoms with van der Waals surface area (Å²) in [6.07, 6.45) is 2.37. The zero-order chi connectivity index (χ0) is 14.2. The molecule has 1 aromatic heterocycles. The van der Waals surface area contributed by atoms with Gasteiger partial charge in [-0.2, -0.15) is 0 Å². The minimum atomic E-state index is -0.146. The third-order valence-corrected chi connectivity index (χ3v) is 3.64.